The second-order valence-electron chi connectivity index (χ2n) is 17.4. The molecule has 5 aliphatic carbocycles. The van der Waals surface area contributed by atoms with Crippen LogP contribution in [0.3, 0.4) is 0 Å². The lowest BCUT2D eigenvalue weighted by atomic mass is 9.33. The van der Waals surface area contributed by atoms with Crippen LogP contribution in [0.2, 0.25) is 0 Å². The van der Waals surface area contributed by atoms with Crippen molar-refractivity contribution in [3.8, 4) is 0 Å². The summed E-state index contributed by atoms with van der Waals surface area (Å²) in [6.45, 7) is 20.5. The van der Waals surface area contributed by atoms with Crippen molar-refractivity contribution in [2.24, 2.45) is 50.2 Å². The lowest BCUT2D eigenvalue weighted by molar-refractivity contribution is -0.212. The number of esters is 1. The number of carbonyl (C=O) groups excluding carboxylic acids is 1. The van der Waals surface area contributed by atoms with E-state index in [1.165, 1.54) is 57.8 Å². The average molecular weight is 545 g/mol. The Morgan fingerprint density at radius 1 is 0.825 bits per heavy atom. The third-order valence-corrected chi connectivity index (χ3v) is 14.5. The van der Waals surface area contributed by atoms with Gasteiger partial charge in [-0.25, -0.2) is 0 Å². The minimum atomic E-state index is -0.0630. The van der Waals surface area contributed by atoms with Crippen LogP contribution in [0.25, 0.3) is 0 Å². The maximum absolute atomic E-state index is 13.0. The van der Waals surface area contributed by atoms with E-state index in [2.05, 4.69) is 61.5 Å². The zero-order chi connectivity index (χ0) is 28.8. The summed E-state index contributed by atoms with van der Waals surface area (Å²) in [6.07, 6.45) is 16.1. The first-order valence-corrected chi connectivity index (χ1v) is 16.6. The van der Waals surface area contributed by atoms with Gasteiger partial charge >= 0.3 is 5.97 Å². The van der Waals surface area contributed by atoms with E-state index in [9.17, 15) is 4.79 Å². The van der Waals surface area contributed by atoms with Crippen molar-refractivity contribution >= 4 is 5.97 Å². The summed E-state index contributed by atoms with van der Waals surface area (Å²) in [4.78, 5) is 13.0. The average Bonchev–Trinajstić information content (AvgIpc) is 2.88. The Hall–Kier alpha value is -1.57. The van der Waals surface area contributed by atoms with Gasteiger partial charge in [-0.1, -0.05) is 97.4 Å². The lowest BCUT2D eigenvalue weighted by Gasteiger charge is -2.71. The van der Waals surface area contributed by atoms with E-state index in [1.54, 1.807) is 0 Å². The molecule has 0 unspecified atom stereocenters. The molecular weight excluding hydrogens is 488 g/mol. The lowest BCUT2D eigenvalue weighted by Crippen LogP contribution is -2.64. The molecule has 0 radical (unpaired) electrons. The number of ether oxygens (including phenoxy) is 1. The number of carbonyl (C=O) groups is 1. The number of hydrogen-bond acceptors (Lipinski definition) is 2. The van der Waals surface area contributed by atoms with Gasteiger partial charge in [-0.15, -0.1) is 0 Å². The Bertz CT molecular complexity index is 1180. The Kier molecular flexibility index (Phi) is 6.57. The monoisotopic (exact) mass is 544 g/mol. The van der Waals surface area contributed by atoms with Gasteiger partial charge in [0, 0.05) is 5.41 Å². The van der Waals surface area contributed by atoms with Crippen LogP contribution in [0.15, 0.2) is 42.0 Å². The van der Waals surface area contributed by atoms with Crippen LogP contribution in [-0.4, -0.2) is 12.1 Å². The molecule has 0 bridgehead atoms. The fraction of sp³-hybridized carbons (Fsp3) is 0.763. The summed E-state index contributed by atoms with van der Waals surface area (Å²) in [5.74, 6) is 1.98. The van der Waals surface area contributed by atoms with Crippen LogP contribution in [0.1, 0.15) is 125 Å². The molecule has 0 aromatic heterocycles. The quantitative estimate of drug-likeness (QED) is 0.279. The van der Waals surface area contributed by atoms with Gasteiger partial charge < -0.3 is 4.74 Å². The van der Waals surface area contributed by atoms with Crippen molar-refractivity contribution in [3.05, 3.63) is 47.5 Å². The SMILES string of the molecule is CC1(C)CC[C@]2(C)CC[C@@]3(C)C(=CC[C@H]4[C@]5(C)CC[C@H](OC(=O)Cc6ccccc6)C(C)(C)[C@H]5CC[C@]43C)[C@@H]2C1. The molecule has 8 atom stereocenters. The molecule has 6 rings (SSSR count). The highest BCUT2D eigenvalue weighted by Gasteiger charge is 2.68. The highest BCUT2D eigenvalue weighted by atomic mass is 16.5. The molecule has 220 valence electrons. The predicted molar refractivity (Wildman–Crippen MR) is 165 cm³/mol. The van der Waals surface area contributed by atoms with Crippen LogP contribution in [0.5, 0.6) is 0 Å². The number of hydrogen-bond donors (Lipinski definition) is 0. The second kappa shape index (κ2) is 9.21. The van der Waals surface area contributed by atoms with Crippen LogP contribution in [-0.2, 0) is 16.0 Å². The van der Waals surface area contributed by atoms with E-state index in [4.69, 9.17) is 4.74 Å². The highest BCUT2D eigenvalue weighted by Crippen LogP contribution is 2.75. The first kappa shape index (κ1) is 28.5. The van der Waals surface area contributed by atoms with Gasteiger partial charge in [0.25, 0.3) is 0 Å². The Morgan fingerprint density at radius 3 is 2.25 bits per heavy atom. The molecule has 4 saturated carbocycles. The van der Waals surface area contributed by atoms with Gasteiger partial charge in [0.05, 0.1) is 6.42 Å². The van der Waals surface area contributed by atoms with Gasteiger partial charge in [0.1, 0.15) is 6.10 Å². The summed E-state index contributed by atoms with van der Waals surface area (Å²) in [5.41, 5.74) is 4.79. The summed E-state index contributed by atoms with van der Waals surface area (Å²) in [6, 6.07) is 10.1. The number of allylic oxidation sites excluding steroid dienone is 2. The summed E-state index contributed by atoms with van der Waals surface area (Å²) in [5, 5.41) is 0. The molecule has 0 heterocycles. The molecule has 4 fully saturated rings. The zero-order valence-electron chi connectivity index (χ0n) is 26.9. The number of fused-ring (bicyclic) bond motifs is 7. The first-order chi connectivity index (χ1) is 18.6. The Balaban J connectivity index is 1.27. The normalized spacial score (nSPS) is 45.1. The largest absolute Gasteiger partial charge is 0.462 e. The topological polar surface area (TPSA) is 26.3 Å². The van der Waals surface area contributed by atoms with Gasteiger partial charge in [-0.05, 0) is 115 Å². The van der Waals surface area contributed by atoms with E-state index < -0.39 is 0 Å². The Morgan fingerprint density at radius 2 is 1.52 bits per heavy atom. The first-order valence-electron chi connectivity index (χ1n) is 16.6. The molecule has 2 nitrogen and oxygen atoms in total. The third-order valence-electron chi connectivity index (χ3n) is 14.5. The fourth-order valence-corrected chi connectivity index (χ4v) is 11.7. The van der Waals surface area contributed by atoms with Crippen LogP contribution < -0.4 is 0 Å². The Labute approximate surface area is 245 Å². The molecule has 1 aromatic rings. The van der Waals surface area contributed by atoms with Crippen molar-refractivity contribution in [3.63, 3.8) is 0 Å². The van der Waals surface area contributed by atoms with Gasteiger partial charge in [0.15, 0.2) is 0 Å². The fourth-order valence-electron chi connectivity index (χ4n) is 11.7. The van der Waals surface area contributed by atoms with Crippen LogP contribution in [0.4, 0.5) is 0 Å². The molecule has 1 aromatic carbocycles. The van der Waals surface area contributed by atoms with Crippen molar-refractivity contribution in [1.82, 2.24) is 0 Å². The summed E-state index contributed by atoms with van der Waals surface area (Å²) < 4.78 is 6.31. The van der Waals surface area contributed by atoms with E-state index >= 15 is 0 Å². The van der Waals surface area contributed by atoms with Crippen molar-refractivity contribution in [1.29, 1.82) is 0 Å². The zero-order valence-corrected chi connectivity index (χ0v) is 26.9. The second-order valence-corrected chi connectivity index (χ2v) is 17.4. The predicted octanol–water partition coefficient (Wildman–Crippen LogP) is 9.96. The minimum Gasteiger partial charge on any atom is -0.462 e. The standard InChI is InChI=1S/C38H56O2/c1-33(2)20-21-35(5)22-23-37(7)27(28(35)25-33)14-15-30-36(6)18-17-31(34(3,4)29(36)16-19-38(30,37)8)40-32(39)24-26-12-10-9-11-13-26/h9-14,28-31H,15-25H2,1-8H3/t28-,29+,30-,31-,35+,36+,37-,38+/m0/s1. The van der Waals surface area contributed by atoms with E-state index in [1.807, 2.05) is 35.9 Å². The third kappa shape index (κ3) is 4.11. The maximum atomic E-state index is 13.0. The van der Waals surface area contributed by atoms with Crippen molar-refractivity contribution in [2.45, 2.75) is 132 Å². The number of benzene rings is 1. The van der Waals surface area contributed by atoms with Crippen molar-refractivity contribution < 1.29 is 9.53 Å². The molecule has 0 amide bonds. The molecule has 0 N–H and O–H groups in total. The van der Waals surface area contributed by atoms with Crippen LogP contribution >= 0.6 is 0 Å². The maximum Gasteiger partial charge on any atom is 0.310 e. The van der Waals surface area contributed by atoms with Crippen LogP contribution in [0, 0.1) is 50.2 Å². The molecule has 0 aliphatic heterocycles. The van der Waals surface area contributed by atoms with Gasteiger partial charge in [-0.3, -0.25) is 4.79 Å². The van der Waals surface area contributed by atoms with E-state index in [-0.39, 0.29) is 22.9 Å². The molecule has 40 heavy (non-hydrogen) atoms. The van der Waals surface area contributed by atoms with Gasteiger partial charge in [-0.2, -0.15) is 0 Å². The molecule has 2 heteroatoms. The minimum absolute atomic E-state index is 0.00982. The highest BCUT2D eigenvalue weighted by molar-refractivity contribution is 5.72. The molecule has 0 saturated heterocycles. The smallest absolute Gasteiger partial charge is 0.310 e. The summed E-state index contributed by atoms with van der Waals surface area (Å²) in [7, 11) is 0. The van der Waals surface area contributed by atoms with E-state index in [0.717, 1.165) is 17.9 Å². The van der Waals surface area contributed by atoms with E-state index in [0.29, 0.717) is 39.9 Å². The summed E-state index contributed by atoms with van der Waals surface area (Å²) >= 11 is 0. The van der Waals surface area contributed by atoms with Crippen molar-refractivity contribution in [2.75, 3.05) is 0 Å². The van der Waals surface area contributed by atoms with Gasteiger partial charge in [0.2, 0.25) is 0 Å². The molecule has 5 aliphatic rings. The number of rotatable bonds is 3. The molecular formula is C38H56O2. The molecule has 0 spiro atoms.